The van der Waals surface area contributed by atoms with Gasteiger partial charge < -0.3 is 10.0 Å². The van der Waals surface area contributed by atoms with E-state index in [0.717, 1.165) is 18.7 Å². The summed E-state index contributed by atoms with van der Waals surface area (Å²) in [5.74, 6) is -0.932. The van der Waals surface area contributed by atoms with Crippen LogP contribution < -0.4 is 0 Å². The van der Waals surface area contributed by atoms with Crippen molar-refractivity contribution in [1.82, 2.24) is 9.88 Å². The van der Waals surface area contributed by atoms with Gasteiger partial charge in [-0.2, -0.15) is 0 Å². The Hall–Kier alpha value is -1.42. The van der Waals surface area contributed by atoms with Crippen LogP contribution in [0.3, 0.4) is 0 Å². The molecule has 0 aliphatic carbocycles. The summed E-state index contributed by atoms with van der Waals surface area (Å²) in [5, 5.41) is 8.75. The average Bonchev–Trinajstić information content (AvgIpc) is 2.18. The van der Waals surface area contributed by atoms with E-state index in [1.165, 1.54) is 6.20 Å². The molecule has 1 rings (SSSR count). The summed E-state index contributed by atoms with van der Waals surface area (Å²) in [7, 11) is 1.98. The van der Waals surface area contributed by atoms with Gasteiger partial charge in [-0.3, -0.25) is 4.98 Å². The summed E-state index contributed by atoms with van der Waals surface area (Å²) in [6, 6.07) is 1.65. The smallest absolute Gasteiger partial charge is 0.337 e. The van der Waals surface area contributed by atoms with Gasteiger partial charge in [0.1, 0.15) is 0 Å². The minimum atomic E-state index is -0.932. The highest BCUT2D eigenvalue weighted by molar-refractivity contribution is 5.87. The molecule has 0 fully saturated rings. The number of carbonyl (C=O) groups is 1. The highest BCUT2D eigenvalue weighted by Gasteiger charge is 2.04. The zero-order chi connectivity index (χ0) is 10.6. The van der Waals surface area contributed by atoms with Crippen LogP contribution in [-0.4, -0.2) is 34.6 Å². The van der Waals surface area contributed by atoms with Crippen LogP contribution in [0.4, 0.5) is 0 Å². The molecule has 4 heteroatoms. The number of aromatic carboxylic acids is 1. The first-order valence-electron chi connectivity index (χ1n) is 4.49. The number of carboxylic acids is 1. The third kappa shape index (κ3) is 2.81. The summed E-state index contributed by atoms with van der Waals surface area (Å²) < 4.78 is 0. The van der Waals surface area contributed by atoms with Gasteiger partial charge >= 0.3 is 5.97 Å². The molecule has 0 aromatic carbocycles. The van der Waals surface area contributed by atoms with Gasteiger partial charge in [-0.1, -0.05) is 6.92 Å². The number of aromatic nitrogens is 1. The fourth-order valence-corrected chi connectivity index (χ4v) is 1.11. The highest BCUT2D eigenvalue weighted by atomic mass is 16.4. The molecule has 0 amide bonds. The summed E-state index contributed by atoms with van der Waals surface area (Å²) in [5.41, 5.74) is 1.17. The molecule has 0 radical (unpaired) electrons. The van der Waals surface area contributed by atoms with Crippen LogP contribution in [-0.2, 0) is 6.54 Å². The fourth-order valence-electron chi connectivity index (χ4n) is 1.11. The largest absolute Gasteiger partial charge is 0.478 e. The molecule has 0 saturated carbocycles. The molecule has 1 heterocycles. The molecule has 1 aromatic heterocycles. The van der Waals surface area contributed by atoms with Gasteiger partial charge in [-0.15, -0.1) is 0 Å². The Labute approximate surface area is 83.2 Å². The van der Waals surface area contributed by atoms with Gasteiger partial charge in [0, 0.05) is 18.9 Å². The van der Waals surface area contributed by atoms with Gasteiger partial charge in [-0.25, -0.2) is 4.79 Å². The average molecular weight is 194 g/mol. The van der Waals surface area contributed by atoms with Crippen LogP contribution in [0.5, 0.6) is 0 Å². The van der Waals surface area contributed by atoms with Crippen LogP contribution >= 0.6 is 0 Å². The molecule has 0 aliphatic heterocycles. The lowest BCUT2D eigenvalue weighted by atomic mass is 10.2. The van der Waals surface area contributed by atoms with E-state index in [1.54, 1.807) is 12.3 Å². The molecule has 0 aliphatic rings. The van der Waals surface area contributed by atoms with Gasteiger partial charge in [0.15, 0.2) is 0 Å². The Kier molecular flexibility index (Phi) is 3.59. The van der Waals surface area contributed by atoms with Crippen molar-refractivity contribution in [2.24, 2.45) is 0 Å². The second-order valence-electron chi connectivity index (χ2n) is 3.22. The first kappa shape index (κ1) is 10.7. The minimum absolute atomic E-state index is 0.243. The summed E-state index contributed by atoms with van der Waals surface area (Å²) >= 11 is 0. The van der Waals surface area contributed by atoms with E-state index in [1.807, 2.05) is 7.05 Å². The molecule has 76 valence electrons. The third-order valence-electron chi connectivity index (χ3n) is 2.03. The Morgan fingerprint density at radius 2 is 2.29 bits per heavy atom. The number of hydrogen-bond donors (Lipinski definition) is 1. The van der Waals surface area contributed by atoms with Crippen molar-refractivity contribution in [3.63, 3.8) is 0 Å². The van der Waals surface area contributed by atoms with Crippen molar-refractivity contribution in [2.45, 2.75) is 13.5 Å². The van der Waals surface area contributed by atoms with E-state index < -0.39 is 5.97 Å². The van der Waals surface area contributed by atoms with E-state index in [0.29, 0.717) is 0 Å². The zero-order valence-corrected chi connectivity index (χ0v) is 8.40. The van der Waals surface area contributed by atoms with Gasteiger partial charge in [0.25, 0.3) is 0 Å². The normalized spacial score (nSPS) is 10.5. The lowest BCUT2D eigenvalue weighted by Crippen LogP contribution is -2.17. The predicted octanol–water partition coefficient (Wildman–Crippen LogP) is 1.23. The van der Waals surface area contributed by atoms with E-state index in [4.69, 9.17) is 5.11 Å². The molecule has 1 aromatic rings. The Bertz CT molecular complexity index is 326. The number of nitrogens with zero attached hydrogens (tertiary/aromatic N) is 2. The summed E-state index contributed by atoms with van der Waals surface area (Å²) in [4.78, 5) is 16.6. The molecule has 0 saturated heterocycles. The third-order valence-corrected chi connectivity index (χ3v) is 2.03. The standard InChI is InChI=1S/C10H14N2O2/c1-3-12(2)7-8-4-9(10(13)14)6-11-5-8/h4-6H,3,7H2,1-2H3,(H,13,14). The SMILES string of the molecule is CCN(C)Cc1cncc(C(=O)O)c1. The molecular formula is C10H14N2O2. The first-order valence-corrected chi connectivity index (χ1v) is 4.49. The van der Waals surface area contributed by atoms with E-state index >= 15 is 0 Å². The molecule has 1 N–H and O–H groups in total. The number of rotatable bonds is 4. The topological polar surface area (TPSA) is 53.4 Å². The molecular weight excluding hydrogens is 180 g/mol. The van der Waals surface area contributed by atoms with Crippen molar-refractivity contribution in [1.29, 1.82) is 0 Å². The van der Waals surface area contributed by atoms with Crippen LogP contribution in [0.15, 0.2) is 18.5 Å². The fraction of sp³-hybridized carbons (Fsp3) is 0.400. The van der Waals surface area contributed by atoms with E-state index in [9.17, 15) is 4.79 Å². The van der Waals surface area contributed by atoms with Crippen LogP contribution in [0.2, 0.25) is 0 Å². The summed E-state index contributed by atoms with van der Waals surface area (Å²) in [6.45, 7) is 3.70. The quantitative estimate of drug-likeness (QED) is 0.783. The highest BCUT2D eigenvalue weighted by Crippen LogP contribution is 2.05. The van der Waals surface area contributed by atoms with Gasteiger partial charge in [0.2, 0.25) is 0 Å². The van der Waals surface area contributed by atoms with Crippen molar-refractivity contribution in [3.05, 3.63) is 29.6 Å². The molecule has 0 atom stereocenters. The molecule has 14 heavy (non-hydrogen) atoms. The summed E-state index contributed by atoms with van der Waals surface area (Å²) in [6.07, 6.45) is 3.05. The van der Waals surface area contributed by atoms with Crippen molar-refractivity contribution >= 4 is 5.97 Å². The lowest BCUT2D eigenvalue weighted by molar-refractivity contribution is 0.0696. The molecule has 0 spiro atoms. The molecule has 0 unspecified atom stereocenters. The van der Waals surface area contributed by atoms with Crippen molar-refractivity contribution < 1.29 is 9.90 Å². The number of carboxylic acid groups (broad SMARTS) is 1. The minimum Gasteiger partial charge on any atom is -0.478 e. The Morgan fingerprint density at radius 1 is 1.57 bits per heavy atom. The van der Waals surface area contributed by atoms with Crippen LogP contribution in [0.25, 0.3) is 0 Å². The molecule has 0 bridgehead atoms. The van der Waals surface area contributed by atoms with Crippen LogP contribution in [0.1, 0.15) is 22.8 Å². The van der Waals surface area contributed by atoms with Gasteiger partial charge in [-0.05, 0) is 25.2 Å². The lowest BCUT2D eigenvalue weighted by Gasteiger charge is -2.13. The maximum absolute atomic E-state index is 10.7. The Morgan fingerprint density at radius 3 is 2.86 bits per heavy atom. The van der Waals surface area contributed by atoms with E-state index in [2.05, 4.69) is 16.8 Å². The monoisotopic (exact) mass is 194 g/mol. The first-order chi connectivity index (χ1) is 6.63. The maximum Gasteiger partial charge on any atom is 0.337 e. The molecule has 4 nitrogen and oxygen atoms in total. The number of pyridine rings is 1. The van der Waals surface area contributed by atoms with Crippen molar-refractivity contribution in [2.75, 3.05) is 13.6 Å². The number of hydrogen-bond acceptors (Lipinski definition) is 3. The zero-order valence-electron chi connectivity index (χ0n) is 8.40. The predicted molar refractivity (Wildman–Crippen MR) is 53.2 cm³/mol. The van der Waals surface area contributed by atoms with Gasteiger partial charge in [0.05, 0.1) is 5.56 Å². The second kappa shape index (κ2) is 4.72. The van der Waals surface area contributed by atoms with Crippen LogP contribution in [0, 0.1) is 0 Å². The Balaban J connectivity index is 2.78. The van der Waals surface area contributed by atoms with E-state index in [-0.39, 0.29) is 5.56 Å². The van der Waals surface area contributed by atoms with Crippen molar-refractivity contribution in [3.8, 4) is 0 Å². The maximum atomic E-state index is 10.7. The second-order valence-corrected chi connectivity index (χ2v) is 3.22.